The summed E-state index contributed by atoms with van der Waals surface area (Å²) in [6.07, 6.45) is 12.5. The normalized spacial score (nSPS) is 20.8. The molecule has 0 aliphatic heterocycles. The number of nitrogens with one attached hydrogen (secondary N) is 2. The molecule has 3 atom stereocenters. The number of carbonyl (C=O) groups excluding carboxylic acids is 3. The second-order valence-electron chi connectivity index (χ2n) is 14.6. The molecule has 1 aliphatic carbocycles. The van der Waals surface area contributed by atoms with E-state index in [-0.39, 0.29) is 34.3 Å². The van der Waals surface area contributed by atoms with Crippen LogP contribution in [0.1, 0.15) is 125 Å². The molecular weight excluding hydrogens is 578 g/mol. The number of unbranched alkanes of at least 4 members (excludes halogenated alkanes) is 4. The summed E-state index contributed by atoms with van der Waals surface area (Å²) in [4.78, 5) is 40.6. The predicted molar refractivity (Wildman–Crippen MR) is 176 cm³/mol. The molecule has 0 aromatic carbocycles. The van der Waals surface area contributed by atoms with Crippen LogP contribution in [-0.2, 0) is 27.6 Å². The van der Waals surface area contributed by atoms with Crippen LogP contribution >= 0.6 is 0 Å². The van der Waals surface area contributed by atoms with E-state index in [9.17, 15) is 14.4 Å². The Kier molecular flexibility index (Phi) is 18.0. The number of hydrogen-bond donors (Lipinski definition) is 2. The fourth-order valence-electron chi connectivity index (χ4n) is 6.65. The van der Waals surface area contributed by atoms with Crippen molar-refractivity contribution in [1.82, 2.24) is 10.6 Å². The van der Waals surface area contributed by atoms with Crippen LogP contribution in [0.25, 0.3) is 0 Å². The summed E-state index contributed by atoms with van der Waals surface area (Å²) in [5.41, 5.74) is -0.312. The number of isocyanates is 1. The molecule has 0 saturated heterocycles. The highest BCUT2D eigenvalue weighted by molar-refractivity contribution is 6.60. The van der Waals surface area contributed by atoms with Gasteiger partial charge in [0.15, 0.2) is 0 Å². The first-order valence-corrected chi connectivity index (χ1v) is 18.5. The highest BCUT2D eigenvalue weighted by atomic mass is 28.4. The number of ether oxygens (including phenoxy) is 1. The Bertz CT molecular complexity index is 898. The average molecular weight is 642 g/mol. The molecule has 10 nitrogen and oxygen atoms in total. The third kappa shape index (κ3) is 16.0. The van der Waals surface area contributed by atoms with Crippen LogP contribution in [0.15, 0.2) is 4.99 Å². The first-order chi connectivity index (χ1) is 20.7. The number of nitrogens with zero attached hydrogens (tertiary/aromatic N) is 1. The van der Waals surface area contributed by atoms with Gasteiger partial charge in [-0.1, -0.05) is 67.2 Å². The molecule has 1 saturated carbocycles. The number of amides is 2. The lowest BCUT2D eigenvalue weighted by atomic mass is 9.63. The van der Waals surface area contributed by atoms with Gasteiger partial charge in [0, 0.05) is 46.9 Å². The first-order valence-electron chi connectivity index (χ1n) is 16.6. The highest BCUT2D eigenvalue weighted by Crippen LogP contribution is 2.46. The molecule has 11 heteroatoms. The lowest BCUT2D eigenvalue weighted by molar-refractivity contribution is -0.121. The van der Waals surface area contributed by atoms with Crippen LogP contribution in [0.3, 0.4) is 0 Å². The smallest absolute Gasteiger partial charge is 0.446 e. The van der Waals surface area contributed by atoms with E-state index in [2.05, 4.69) is 57.2 Å². The second-order valence-corrected chi connectivity index (χ2v) is 17.7. The van der Waals surface area contributed by atoms with E-state index >= 15 is 0 Å². The molecule has 2 N–H and O–H groups in total. The number of hydrogen-bond acceptors (Lipinski definition) is 8. The van der Waals surface area contributed by atoms with E-state index in [1.54, 1.807) is 27.4 Å². The maximum atomic E-state index is 12.9. The van der Waals surface area contributed by atoms with E-state index < -0.39 is 14.9 Å². The maximum absolute atomic E-state index is 12.9. The first kappa shape index (κ1) is 40.2. The van der Waals surface area contributed by atoms with Gasteiger partial charge < -0.3 is 28.6 Å². The Morgan fingerprint density at radius 2 is 1.61 bits per heavy atom. The van der Waals surface area contributed by atoms with Crippen LogP contribution in [0.2, 0.25) is 6.04 Å². The second kappa shape index (κ2) is 19.7. The number of carbonyl (C=O) groups is 2. The third-order valence-electron chi connectivity index (χ3n) is 8.96. The molecule has 1 fully saturated rings. The van der Waals surface area contributed by atoms with Crippen molar-refractivity contribution in [1.29, 1.82) is 0 Å². The molecule has 0 aromatic heterocycles. The van der Waals surface area contributed by atoms with Gasteiger partial charge in [-0.25, -0.2) is 14.6 Å². The van der Waals surface area contributed by atoms with E-state index in [4.69, 9.17) is 18.0 Å². The zero-order chi connectivity index (χ0) is 33.3. The molecule has 2 amide bonds. The van der Waals surface area contributed by atoms with Crippen molar-refractivity contribution in [2.24, 2.45) is 21.2 Å². The third-order valence-corrected chi connectivity index (χ3v) is 11.7. The van der Waals surface area contributed by atoms with Gasteiger partial charge in [-0.2, -0.15) is 0 Å². The lowest BCUT2D eigenvalue weighted by Gasteiger charge is -2.45. The summed E-state index contributed by atoms with van der Waals surface area (Å²) < 4.78 is 22.5. The summed E-state index contributed by atoms with van der Waals surface area (Å²) >= 11 is 0. The standard InChI is InChI=1S/C33H63N3O7Si/c1-10-11-12-13-14-16-28(43-30(39)35-25-33(6)22-27(36-26-37)21-32(4,5)23-33)17-15-18-29(38)34-24-31(2,3)19-20-44(40-7,41-8)42-9/h27-28H,10-25H2,1-9H3,(H,34,38)(H,35,39). The fraction of sp³-hybridized carbons (Fsp3) is 0.909. The summed E-state index contributed by atoms with van der Waals surface area (Å²) in [5.74, 6) is -0.00155. The Morgan fingerprint density at radius 1 is 0.977 bits per heavy atom. The molecular formula is C33H63N3O7Si. The predicted octanol–water partition coefficient (Wildman–Crippen LogP) is 6.94. The molecule has 0 aromatic rings. The van der Waals surface area contributed by atoms with Crippen LogP contribution in [0.5, 0.6) is 0 Å². The van der Waals surface area contributed by atoms with Gasteiger partial charge in [-0.15, -0.1) is 0 Å². The molecule has 0 heterocycles. The van der Waals surface area contributed by atoms with Gasteiger partial charge in [-0.3, -0.25) is 4.79 Å². The monoisotopic (exact) mass is 641 g/mol. The lowest BCUT2D eigenvalue weighted by Crippen LogP contribution is -2.45. The van der Waals surface area contributed by atoms with Crippen molar-refractivity contribution in [3.63, 3.8) is 0 Å². The Hall–Kier alpha value is -1.78. The Balaban J connectivity index is 2.62. The van der Waals surface area contributed by atoms with Gasteiger partial charge >= 0.3 is 14.9 Å². The molecule has 44 heavy (non-hydrogen) atoms. The Labute approximate surface area is 268 Å². The quantitative estimate of drug-likeness (QED) is 0.0568. The van der Waals surface area contributed by atoms with E-state index in [0.29, 0.717) is 38.4 Å². The zero-order valence-corrected chi connectivity index (χ0v) is 30.3. The molecule has 256 valence electrons. The van der Waals surface area contributed by atoms with E-state index in [0.717, 1.165) is 44.9 Å². The van der Waals surface area contributed by atoms with Crippen molar-refractivity contribution in [3.8, 4) is 0 Å². The summed E-state index contributed by atoms with van der Waals surface area (Å²) in [7, 11) is 2.17. The van der Waals surface area contributed by atoms with Gasteiger partial charge in [-0.05, 0) is 67.6 Å². The van der Waals surface area contributed by atoms with E-state index in [1.165, 1.54) is 19.3 Å². The van der Waals surface area contributed by atoms with E-state index in [1.807, 2.05) is 0 Å². The maximum Gasteiger partial charge on any atom is 0.500 e. The van der Waals surface area contributed by atoms with Crippen molar-refractivity contribution in [2.75, 3.05) is 34.4 Å². The van der Waals surface area contributed by atoms with Gasteiger partial charge in [0.25, 0.3) is 0 Å². The SMILES string of the molecule is CCCCCCCC(CCCC(=O)NCC(C)(C)CC[Si](OC)(OC)OC)OC(=O)NCC1(C)CC(N=C=O)CC(C)(C)C1. The fourth-order valence-corrected chi connectivity index (χ4v) is 8.74. The average Bonchev–Trinajstić information content (AvgIpc) is 2.95. The van der Waals surface area contributed by atoms with Crippen molar-refractivity contribution < 1.29 is 32.4 Å². The summed E-state index contributed by atoms with van der Waals surface area (Å²) in [6, 6.07) is 0.589. The minimum atomic E-state index is -2.66. The van der Waals surface area contributed by atoms with Crippen LogP contribution < -0.4 is 10.6 Å². The van der Waals surface area contributed by atoms with Crippen LogP contribution in [0, 0.1) is 16.2 Å². The van der Waals surface area contributed by atoms with Gasteiger partial charge in [0.05, 0.1) is 6.04 Å². The van der Waals surface area contributed by atoms with Gasteiger partial charge in [0.1, 0.15) is 6.10 Å². The molecule has 0 radical (unpaired) electrons. The van der Waals surface area contributed by atoms with Crippen molar-refractivity contribution in [3.05, 3.63) is 0 Å². The number of alkyl carbamates (subject to hydrolysis) is 1. The molecule has 3 unspecified atom stereocenters. The zero-order valence-electron chi connectivity index (χ0n) is 29.3. The topological polar surface area (TPSA) is 125 Å². The van der Waals surface area contributed by atoms with Crippen molar-refractivity contribution in [2.45, 2.75) is 143 Å². The minimum Gasteiger partial charge on any atom is -0.446 e. The van der Waals surface area contributed by atoms with Crippen molar-refractivity contribution >= 4 is 26.9 Å². The highest BCUT2D eigenvalue weighted by Gasteiger charge is 2.42. The van der Waals surface area contributed by atoms with Crippen LogP contribution in [0.4, 0.5) is 4.79 Å². The molecule has 0 bridgehead atoms. The Morgan fingerprint density at radius 3 is 2.23 bits per heavy atom. The number of rotatable bonds is 22. The van der Waals surface area contributed by atoms with Crippen LogP contribution in [-0.4, -0.2) is 73.4 Å². The largest absolute Gasteiger partial charge is 0.500 e. The molecule has 1 rings (SSSR count). The van der Waals surface area contributed by atoms with Gasteiger partial charge in [0.2, 0.25) is 12.0 Å². The molecule has 1 aliphatic rings. The molecule has 0 spiro atoms. The minimum absolute atomic E-state index is 0.00155. The number of aliphatic imine (C=N–C) groups is 1. The summed E-state index contributed by atoms with van der Waals surface area (Å²) in [5, 5.41) is 6.08. The summed E-state index contributed by atoms with van der Waals surface area (Å²) in [6.45, 7) is 13.9.